The highest BCUT2D eigenvalue weighted by Crippen LogP contribution is 2.33. The number of benzene rings is 2. The van der Waals surface area contributed by atoms with Crippen LogP contribution in [0.3, 0.4) is 0 Å². The molecule has 0 spiro atoms. The quantitative estimate of drug-likeness (QED) is 0.325. The van der Waals surface area contributed by atoms with Crippen LogP contribution in [0.1, 0.15) is 69.5 Å². The van der Waals surface area contributed by atoms with Crippen molar-refractivity contribution in [3.63, 3.8) is 0 Å². The van der Waals surface area contributed by atoms with Crippen LogP contribution in [-0.2, 0) is 22.7 Å². The number of oxazole rings is 1. The van der Waals surface area contributed by atoms with Crippen molar-refractivity contribution in [2.45, 2.75) is 50.7 Å². The maximum Gasteiger partial charge on any atom is 0.264 e. The Balaban J connectivity index is 1.07. The van der Waals surface area contributed by atoms with Gasteiger partial charge in [0.15, 0.2) is 11.6 Å². The summed E-state index contributed by atoms with van der Waals surface area (Å²) in [4.78, 5) is 61.1. The van der Waals surface area contributed by atoms with Crippen LogP contribution in [0.15, 0.2) is 47.0 Å². The molecule has 2 saturated heterocycles. The van der Waals surface area contributed by atoms with Gasteiger partial charge in [-0.25, -0.2) is 14.2 Å². The molecule has 2 aromatic carbocycles. The Kier molecular flexibility index (Phi) is 7.26. The summed E-state index contributed by atoms with van der Waals surface area (Å²) < 4.78 is 20.3. The van der Waals surface area contributed by atoms with E-state index in [1.54, 1.807) is 36.5 Å². The molecule has 214 valence electrons. The van der Waals surface area contributed by atoms with Crippen molar-refractivity contribution < 1.29 is 28.0 Å². The first-order chi connectivity index (χ1) is 20.3. The highest BCUT2D eigenvalue weighted by molar-refractivity contribution is 6.25. The molecule has 12 heteroatoms. The zero-order chi connectivity index (χ0) is 29.4. The summed E-state index contributed by atoms with van der Waals surface area (Å²) in [7, 11) is 0. The third-order valence-electron chi connectivity index (χ3n) is 7.99. The molecule has 4 heterocycles. The number of fused-ring (bicyclic) bond motifs is 1. The molecule has 1 unspecified atom stereocenters. The lowest BCUT2D eigenvalue weighted by Crippen LogP contribution is -2.54. The summed E-state index contributed by atoms with van der Waals surface area (Å²) in [6.07, 6.45) is 3.38. The van der Waals surface area contributed by atoms with E-state index in [1.807, 2.05) is 0 Å². The zero-order valence-electron chi connectivity index (χ0n) is 22.6. The Bertz CT molecular complexity index is 1640. The zero-order valence-corrected chi connectivity index (χ0v) is 22.6. The molecule has 6 rings (SSSR count). The van der Waals surface area contributed by atoms with Crippen LogP contribution in [0.2, 0.25) is 0 Å². The SMILES string of the molecule is [C-]#[N+]c1ccc(CN2CCC(c3ncc(CNc4cccc5c4C(=O)N(C4CCC(=O)NC4=O)C5=O)o3)CC2)c(F)c1. The van der Waals surface area contributed by atoms with Gasteiger partial charge >= 0.3 is 0 Å². The molecule has 0 radical (unpaired) electrons. The van der Waals surface area contributed by atoms with Gasteiger partial charge in [-0.1, -0.05) is 18.2 Å². The van der Waals surface area contributed by atoms with Crippen LogP contribution >= 0.6 is 0 Å². The fourth-order valence-corrected chi connectivity index (χ4v) is 5.75. The molecule has 3 aliphatic rings. The van der Waals surface area contributed by atoms with Crippen molar-refractivity contribution in [3.05, 3.63) is 88.2 Å². The Hall–Kier alpha value is -4.89. The molecule has 1 aromatic heterocycles. The van der Waals surface area contributed by atoms with Crippen LogP contribution in [-0.4, -0.2) is 57.5 Å². The van der Waals surface area contributed by atoms with Gasteiger partial charge in [0.05, 0.1) is 30.4 Å². The first kappa shape index (κ1) is 27.3. The van der Waals surface area contributed by atoms with E-state index in [0.717, 1.165) is 30.8 Å². The predicted octanol–water partition coefficient (Wildman–Crippen LogP) is 3.76. The van der Waals surface area contributed by atoms with E-state index in [0.29, 0.717) is 29.4 Å². The molecule has 0 aliphatic carbocycles. The summed E-state index contributed by atoms with van der Waals surface area (Å²) in [5.74, 6) is -1.30. The molecule has 2 N–H and O–H groups in total. The van der Waals surface area contributed by atoms with Crippen LogP contribution in [0.5, 0.6) is 0 Å². The lowest BCUT2D eigenvalue weighted by atomic mass is 9.96. The highest BCUT2D eigenvalue weighted by Gasteiger charge is 2.45. The maximum absolute atomic E-state index is 14.3. The number of carbonyl (C=O) groups excluding carboxylic acids is 4. The van der Waals surface area contributed by atoms with E-state index in [1.165, 1.54) is 6.07 Å². The molecule has 11 nitrogen and oxygen atoms in total. The monoisotopic (exact) mass is 570 g/mol. The van der Waals surface area contributed by atoms with Crippen LogP contribution in [0.25, 0.3) is 4.85 Å². The van der Waals surface area contributed by atoms with Crippen molar-refractivity contribution in [2.24, 2.45) is 0 Å². The number of nitrogens with zero attached hydrogens (tertiary/aromatic N) is 4. The smallest absolute Gasteiger partial charge is 0.264 e. The second-order valence-electron chi connectivity index (χ2n) is 10.6. The number of amides is 4. The summed E-state index contributed by atoms with van der Waals surface area (Å²) in [5, 5.41) is 5.37. The van der Waals surface area contributed by atoms with Gasteiger partial charge in [0.25, 0.3) is 11.8 Å². The fraction of sp³-hybridized carbons (Fsp3) is 0.333. The standard InChI is InChI=1S/C30H27FN6O5/c1-32-19-6-5-18(22(31)13-19)16-36-11-9-17(10-12-36)28-34-15-20(42-28)14-33-23-4-2-3-21-26(23)30(41)37(29(21)40)24-7-8-25(38)35-27(24)39/h2-6,13,15,17,24,33H,7-12,14,16H2,(H,35,38,39). The number of hydrogen-bond acceptors (Lipinski definition) is 8. The van der Waals surface area contributed by atoms with Gasteiger partial charge in [0, 0.05) is 24.6 Å². The number of rotatable bonds is 7. The largest absolute Gasteiger partial charge is 0.444 e. The lowest BCUT2D eigenvalue weighted by Gasteiger charge is -2.30. The summed E-state index contributed by atoms with van der Waals surface area (Å²) in [5.41, 5.74) is 1.66. The molecule has 0 saturated carbocycles. The molecule has 3 aromatic rings. The van der Waals surface area contributed by atoms with E-state index < -0.39 is 29.7 Å². The average Bonchev–Trinajstić information content (AvgIpc) is 3.56. The van der Waals surface area contributed by atoms with E-state index in [2.05, 4.69) is 25.4 Å². The van der Waals surface area contributed by atoms with Gasteiger partial charge in [0.1, 0.15) is 17.6 Å². The number of nitrogens with one attached hydrogen (secondary N) is 2. The van der Waals surface area contributed by atoms with Gasteiger partial charge in [-0.2, -0.15) is 0 Å². The van der Waals surface area contributed by atoms with Gasteiger partial charge in [0.2, 0.25) is 11.8 Å². The Morgan fingerprint density at radius 3 is 2.64 bits per heavy atom. The van der Waals surface area contributed by atoms with Crippen molar-refractivity contribution in [2.75, 3.05) is 18.4 Å². The first-order valence-electron chi connectivity index (χ1n) is 13.7. The Labute approximate surface area is 240 Å². The highest BCUT2D eigenvalue weighted by atomic mass is 19.1. The van der Waals surface area contributed by atoms with Crippen LogP contribution in [0.4, 0.5) is 15.8 Å². The second kappa shape index (κ2) is 11.2. The summed E-state index contributed by atoms with van der Waals surface area (Å²) in [6, 6.07) is 8.42. The molecule has 3 aliphatic heterocycles. The van der Waals surface area contributed by atoms with Gasteiger partial charge in [-0.15, -0.1) is 0 Å². The van der Waals surface area contributed by atoms with Crippen molar-refractivity contribution in [3.8, 4) is 0 Å². The lowest BCUT2D eigenvalue weighted by molar-refractivity contribution is -0.136. The Morgan fingerprint density at radius 2 is 1.90 bits per heavy atom. The van der Waals surface area contributed by atoms with Crippen molar-refractivity contribution in [1.82, 2.24) is 20.1 Å². The number of likely N-dealkylation sites (tertiary alicyclic amines) is 1. The average molecular weight is 571 g/mol. The van der Waals surface area contributed by atoms with E-state index >= 15 is 0 Å². The number of carbonyl (C=O) groups is 4. The fourth-order valence-electron chi connectivity index (χ4n) is 5.75. The topological polar surface area (TPSA) is 129 Å². The van der Waals surface area contributed by atoms with Crippen molar-refractivity contribution >= 4 is 35.0 Å². The normalized spacial score (nSPS) is 19.5. The molecule has 0 bridgehead atoms. The number of imide groups is 2. The van der Waals surface area contributed by atoms with E-state index in [9.17, 15) is 23.6 Å². The van der Waals surface area contributed by atoms with Crippen LogP contribution < -0.4 is 10.6 Å². The van der Waals surface area contributed by atoms with Crippen LogP contribution in [0, 0.1) is 12.4 Å². The minimum absolute atomic E-state index is 0.0539. The minimum Gasteiger partial charge on any atom is -0.444 e. The summed E-state index contributed by atoms with van der Waals surface area (Å²) in [6.45, 7) is 9.22. The van der Waals surface area contributed by atoms with Gasteiger partial charge < -0.3 is 9.73 Å². The molecule has 1 atom stereocenters. The third-order valence-corrected chi connectivity index (χ3v) is 7.99. The third kappa shape index (κ3) is 5.14. The first-order valence-corrected chi connectivity index (χ1v) is 13.7. The molecule has 4 amide bonds. The molecule has 42 heavy (non-hydrogen) atoms. The minimum atomic E-state index is -1.03. The van der Waals surface area contributed by atoms with Gasteiger partial charge in [-0.3, -0.25) is 34.3 Å². The molecular formula is C30H27FN6O5. The number of anilines is 1. The second-order valence-corrected chi connectivity index (χ2v) is 10.6. The van der Waals surface area contributed by atoms with Crippen molar-refractivity contribution in [1.29, 1.82) is 0 Å². The predicted molar refractivity (Wildman–Crippen MR) is 147 cm³/mol. The maximum atomic E-state index is 14.3. The summed E-state index contributed by atoms with van der Waals surface area (Å²) >= 11 is 0. The number of hydrogen-bond donors (Lipinski definition) is 2. The number of aromatic nitrogens is 1. The Morgan fingerprint density at radius 1 is 1.10 bits per heavy atom. The van der Waals surface area contributed by atoms with Gasteiger partial charge in [-0.05, 0) is 56.1 Å². The number of halogens is 1. The number of piperidine rings is 2. The van der Waals surface area contributed by atoms with E-state index in [-0.39, 0.29) is 47.9 Å². The van der Waals surface area contributed by atoms with E-state index in [4.69, 9.17) is 11.0 Å². The molecular weight excluding hydrogens is 543 g/mol. The molecule has 2 fully saturated rings.